The Morgan fingerprint density at radius 3 is 2.41 bits per heavy atom. The number of aryl methyl sites for hydroxylation is 1. The maximum Gasteiger partial charge on any atom is 0.359 e. The summed E-state index contributed by atoms with van der Waals surface area (Å²) in [5, 5.41) is 4.23. The lowest BCUT2D eigenvalue weighted by atomic mass is 9.86. The maximum atomic E-state index is 11.8. The zero-order valence-electron chi connectivity index (χ0n) is 11.2. The molecule has 96 valence electrons. The van der Waals surface area contributed by atoms with Crippen molar-refractivity contribution >= 4 is 11.8 Å². The number of anilines is 1. The number of nitrogens with zero attached hydrogens (tertiary/aromatic N) is 2. The Balaban J connectivity index is 3.34. The minimum absolute atomic E-state index is 0.237. The van der Waals surface area contributed by atoms with Gasteiger partial charge in [0.1, 0.15) is 5.82 Å². The van der Waals surface area contributed by atoms with Crippen LogP contribution in [0, 0.1) is 0 Å². The smallest absolute Gasteiger partial charge is 0.359 e. The van der Waals surface area contributed by atoms with E-state index in [2.05, 4.69) is 5.10 Å². The molecule has 0 saturated carbocycles. The summed E-state index contributed by atoms with van der Waals surface area (Å²) in [5.41, 5.74) is 6.88. The molecule has 1 aromatic rings. The van der Waals surface area contributed by atoms with Gasteiger partial charge in [0.2, 0.25) is 0 Å². The second-order valence-corrected chi connectivity index (χ2v) is 4.90. The van der Waals surface area contributed by atoms with Gasteiger partial charge in [-0.15, -0.1) is 0 Å². The molecule has 17 heavy (non-hydrogen) atoms. The third-order valence-corrected chi connectivity index (χ3v) is 2.51. The molecule has 0 aliphatic heterocycles. The molecule has 0 bridgehead atoms. The van der Waals surface area contributed by atoms with Crippen LogP contribution < -0.4 is 5.73 Å². The lowest BCUT2D eigenvalue weighted by molar-refractivity contribution is 0.0515. The first kappa shape index (κ1) is 13.5. The molecule has 0 aromatic carbocycles. The molecule has 1 aromatic heterocycles. The number of hydrogen-bond acceptors (Lipinski definition) is 4. The van der Waals surface area contributed by atoms with Crippen molar-refractivity contribution in [2.75, 3.05) is 12.3 Å². The van der Waals surface area contributed by atoms with Crippen molar-refractivity contribution in [1.82, 2.24) is 9.78 Å². The second kappa shape index (κ2) is 4.77. The Bertz CT molecular complexity index is 416. The van der Waals surface area contributed by atoms with E-state index >= 15 is 0 Å². The second-order valence-electron chi connectivity index (χ2n) is 4.90. The number of carbonyl (C=O) groups is 1. The van der Waals surface area contributed by atoms with Crippen molar-refractivity contribution < 1.29 is 9.53 Å². The topological polar surface area (TPSA) is 70.1 Å². The Hall–Kier alpha value is -1.52. The summed E-state index contributed by atoms with van der Waals surface area (Å²) in [6.07, 6.45) is 0. The zero-order valence-corrected chi connectivity index (χ0v) is 11.2. The molecule has 2 N–H and O–H groups in total. The van der Waals surface area contributed by atoms with Crippen LogP contribution in [0.25, 0.3) is 0 Å². The third kappa shape index (κ3) is 2.60. The largest absolute Gasteiger partial charge is 0.461 e. The van der Waals surface area contributed by atoms with E-state index in [-0.39, 0.29) is 5.41 Å². The summed E-state index contributed by atoms with van der Waals surface area (Å²) in [4.78, 5) is 11.8. The first-order chi connectivity index (χ1) is 7.82. The van der Waals surface area contributed by atoms with E-state index in [1.807, 2.05) is 27.7 Å². The van der Waals surface area contributed by atoms with Crippen molar-refractivity contribution in [3.8, 4) is 0 Å². The summed E-state index contributed by atoms with van der Waals surface area (Å²) < 4.78 is 6.64. The highest BCUT2D eigenvalue weighted by Crippen LogP contribution is 2.31. The van der Waals surface area contributed by atoms with Crippen molar-refractivity contribution in [1.29, 1.82) is 0 Å². The predicted molar refractivity (Wildman–Crippen MR) is 67.0 cm³/mol. The highest BCUT2D eigenvalue weighted by molar-refractivity contribution is 5.91. The summed E-state index contributed by atoms with van der Waals surface area (Å²) >= 11 is 0. The third-order valence-electron chi connectivity index (χ3n) is 2.51. The highest BCUT2D eigenvalue weighted by Gasteiger charge is 2.30. The molecular formula is C12H21N3O2. The quantitative estimate of drug-likeness (QED) is 0.818. The van der Waals surface area contributed by atoms with Gasteiger partial charge in [0, 0.05) is 12.1 Å². The number of rotatable bonds is 3. The summed E-state index contributed by atoms with van der Waals surface area (Å²) in [6.45, 7) is 10.7. The predicted octanol–water partition coefficient (Wildman–Crippen LogP) is 1.96. The van der Waals surface area contributed by atoms with Gasteiger partial charge in [-0.25, -0.2) is 9.48 Å². The van der Waals surface area contributed by atoms with E-state index in [4.69, 9.17) is 10.5 Å². The van der Waals surface area contributed by atoms with Crippen LogP contribution in [0.4, 0.5) is 5.82 Å². The molecule has 0 spiro atoms. The first-order valence-corrected chi connectivity index (χ1v) is 5.86. The van der Waals surface area contributed by atoms with Crippen LogP contribution in [0.2, 0.25) is 0 Å². The van der Waals surface area contributed by atoms with Gasteiger partial charge >= 0.3 is 5.97 Å². The number of nitrogens with two attached hydrogens (primary N) is 1. The van der Waals surface area contributed by atoms with Gasteiger partial charge in [-0.3, -0.25) is 0 Å². The number of carbonyl (C=O) groups excluding carboxylic acids is 1. The minimum Gasteiger partial charge on any atom is -0.461 e. The van der Waals surface area contributed by atoms with Gasteiger partial charge in [-0.1, -0.05) is 20.8 Å². The van der Waals surface area contributed by atoms with E-state index in [0.29, 0.717) is 24.7 Å². The van der Waals surface area contributed by atoms with E-state index in [9.17, 15) is 4.79 Å². The summed E-state index contributed by atoms with van der Waals surface area (Å²) in [6, 6.07) is 0. The Morgan fingerprint density at radius 2 is 2.00 bits per heavy atom. The van der Waals surface area contributed by atoms with Crippen LogP contribution in [0.3, 0.4) is 0 Å². The van der Waals surface area contributed by atoms with Gasteiger partial charge in [-0.05, 0) is 19.3 Å². The van der Waals surface area contributed by atoms with E-state index < -0.39 is 5.97 Å². The Labute approximate surface area is 102 Å². The molecule has 0 saturated heterocycles. The fourth-order valence-electron chi connectivity index (χ4n) is 1.80. The van der Waals surface area contributed by atoms with Gasteiger partial charge < -0.3 is 10.5 Å². The van der Waals surface area contributed by atoms with E-state index in [1.165, 1.54) is 0 Å². The SMILES string of the molecule is CCOC(=O)c1nn(CC)c(N)c1C(C)(C)C. The average Bonchev–Trinajstić information content (AvgIpc) is 2.55. The van der Waals surface area contributed by atoms with Gasteiger partial charge in [0.25, 0.3) is 0 Å². The zero-order chi connectivity index (χ0) is 13.2. The molecule has 0 aliphatic rings. The van der Waals surface area contributed by atoms with Crippen LogP contribution >= 0.6 is 0 Å². The van der Waals surface area contributed by atoms with Crippen LogP contribution in [0.15, 0.2) is 0 Å². The molecule has 5 heteroatoms. The van der Waals surface area contributed by atoms with Crippen molar-refractivity contribution in [3.63, 3.8) is 0 Å². The van der Waals surface area contributed by atoms with Gasteiger partial charge in [0.05, 0.1) is 6.61 Å². The summed E-state index contributed by atoms with van der Waals surface area (Å²) in [7, 11) is 0. The standard InChI is InChI=1S/C12H21N3O2/c1-6-15-10(13)8(12(3,4)5)9(14-15)11(16)17-7-2/h6-7,13H2,1-5H3. The normalized spacial score (nSPS) is 11.6. The fourth-order valence-corrected chi connectivity index (χ4v) is 1.80. The van der Waals surface area contributed by atoms with E-state index in [0.717, 1.165) is 5.56 Å². The molecule has 0 radical (unpaired) electrons. The molecule has 1 rings (SSSR count). The monoisotopic (exact) mass is 239 g/mol. The van der Waals surface area contributed by atoms with Gasteiger partial charge in [0.15, 0.2) is 5.69 Å². The molecular weight excluding hydrogens is 218 g/mol. The fraction of sp³-hybridized carbons (Fsp3) is 0.667. The molecule has 0 aliphatic carbocycles. The van der Waals surface area contributed by atoms with Gasteiger partial charge in [-0.2, -0.15) is 5.10 Å². The molecule has 5 nitrogen and oxygen atoms in total. The van der Waals surface area contributed by atoms with Crippen LogP contribution in [0.1, 0.15) is 50.7 Å². The number of nitrogen functional groups attached to an aromatic ring is 1. The molecule has 0 unspecified atom stereocenters. The molecule has 0 atom stereocenters. The average molecular weight is 239 g/mol. The first-order valence-electron chi connectivity index (χ1n) is 5.86. The number of esters is 1. The minimum atomic E-state index is -0.406. The van der Waals surface area contributed by atoms with Crippen LogP contribution in [-0.2, 0) is 16.7 Å². The molecule has 1 heterocycles. The lowest BCUT2D eigenvalue weighted by Gasteiger charge is -2.19. The number of hydrogen-bond donors (Lipinski definition) is 1. The summed E-state index contributed by atoms with van der Waals surface area (Å²) in [5.74, 6) is 0.138. The van der Waals surface area contributed by atoms with E-state index in [1.54, 1.807) is 11.6 Å². The maximum absolute atomic E-state index is 11.8. The Kier molecular flexibility index (Phi) is 3.80. The molecule has 0 fully saturated rings. The highest BCUT2D eigenvalue weighted by atomic mass is 16.5. The van der Waals surface area contributed by atoms with Crippen molar-refractivity contribution in [3.05, 3.63) is 11.3 Å². The van der Waals surface area contributed by atoms with Crippen LogP contribution in [-0.4, -0.2) is 22.4 Å². The van der Waals surface area contributed by atoms with Crippen molar-refractivity contribution in [2.24, 2.45) is 0 Å². The van der Waals surface area contributed by atoms with Crippen LogP contribution in [0.5, 0.6) is 0 Å². The Morgan fingerprint density at radius 1 is 1.41 bits per heavy atom. The molecule has 0 amide bonds. The number of ether oxygens (including phenoxy) is 1. The lowest BCUT2D eigenvalue weighted by Crippen LogP contribution is -2.18. The number of aromatic nitrogens is 2. The van der Waals surface area contributed by atoms with Crippen molar-refractivity contribution in [2.45, 2.75) is 46.6 Å².